The van der Waals surface area contributed by atoms with E-state index in [0.717, 1.165) is 13.0 Å². The van der Waals surface area contributed by atoms with E-state index in [1.807, 2.05) is 0 Å². The van der Waals surface area contributed by atoms with Gasteiger partial charge in [0.2, 0.25) is 0 Å². The van der Waals surface area contributed by atoms with Crippen LogP contribution in [0.15, 0.2) is 109 Å². The highest BCUT2D eigenvalue weighted by molar-refractivity contribution is 5.70. The summed E-state index contributed by atoms with van der Waals surface area (Å²) in [5, 5.41) is 0. The van der Waals surface area contributed by atoms with Crippen LogP contribution in [0.4, 0.5) is 0 Å². The lowest BCUT2D eigenvalue weighted by molar-refractivity contribution is 0.0176. The molecule has 0 spiro atoms. The highest BCUT2D eigenvalue weighted by Crippen LogP contribution is 2.51. The van der Waals surface area contributed by atoms with E-state index in [-0.39, 0.29) is 18.4 Å². The van der Waals surface area contributed by atoms with Crippen molar-refractivity contribution >= 4 is 0 Å². The van der Waals surface area contributed by atoms with Crippen LogP contribution >= 0.6 is 0 Å². The summed E-state index contributed by atoms with van der Waals surface area (Å²) in [6, 6.07) is 39.3. The van der Waals surface area contributed by atoms with Gasteiger partial charge in [0.05, 0.1) is 6.04 Å². The Morgan fingerprint density at radius 3 is 1.78 bits per heavy atom. The number of hydrogen-bond acceptors (Lipinski definition) is 2. The maximum Gasteiger partial charge on any atom is 0.112 e. The summed E-state index contributed by atoms with van der Waals surface area (Å²) >= 11 is 0. The number of hydrogen-bond donors (Lipinski definition) is 0. The fourth-order valence-electron chi connectivity index (χ4n) is 5.49. The van der Waals surface area contributed by atoms with E-state index in [4.69, 9.17) is 4.74 Å². The number of ether oxygens (including phenoxy) is 1. The van der Waals surface area contributed by atoms with Crippen molar-refractivity contribution in [1.29, 1.82) is 0 Å². The first-order chi connectivity index (χ1) is 15.9. The Hall–Kier alpha value is -3.20. The van der Waals surface area contributed by atoms with E-state index < -0.39 is 0 Å². The minimum absolute atomic E-state index is 0.00145. The zero-order chi connectivity index (χ0) is 21.3. The molecule has 2 heteroatoms. The summed E-state index contributed by atoms with van der Waals surface area (Å²) in [6.07, 6.45) is 2.50. The molecule has 2 aliphatic heterocycles. The van der Waals surface area contributed by atoms with Gasteiger partial charge in [-0.05, 0) is 46.2 Å². The summed E-state index contributed by atoms with van der Waals surface area (Å²) in [6.45, 7) is 1.09. The molecule has 2 nitrogen and oxygen atoms in total. The number of fused-ring (bicyclic) bond motifs is 1. The van der Waals surface area contributed by atoms with Crippen molar-refractivity contribution in [3.63, 3.8) is 0 Å². The first-order valence-corrected chi connectivity index (χ1v) is 11.6. The smallest absolute Gasteiger partial charge is 0.112 e. The summed E-state index contributed by atoms with van der Waals surface area (Å²) in [7, 11) is 0. The summed E-state index contributed by atoms with van der Waals surface area (Å²) < 4.78 is 6.82. The van der Waals surface area contributed by atoms with Crippen LogP contribution < -0.4 is 0 Å². The fraction of sp³-hybridized carbons (Fsp3) is 0.200. The van der Waals surface area contributed by atoms with E-state index in [0.29, 0.717) is 0 Å². The molecule has 4 aromatic carbocycles. The molecule has 0 N–H and O–H groups in total. The second-order valence-corrected chi connectivity index (χ2v) is 8.74. The van der Waals surface area contributed by atoms with Gasteiger partial charge in [-0.1, -0.05) is 109 Å². The molecule has 2 saturated heterocycles. The number of benzene rings is 4. The van der Waals surface area contributed by atoms with E-state index >= 15 is 0 Å². The van der Waals surface area contributed by atoms with Crippen molar-refractivity contribution in [2.75, 3.05) is 6.54 Å². The molecule has 1 unspecified atom stereocenters. The van der Waals surface area contributed by atoms with Gasteiger partial charge in [0.1, 0.15) is 12.3 Å². The fourth-order valence-corrected chi connectivity index (χ4v) is 5.49. The van der Waals surface area contributed by atoms with Crippen LogP contribution in [0.25, 0.3) is 22.3 Å². The molecule has 0 bridgehead atoms. The molecule has 2 aliphatic rings. The van der Waals surface area contributed by atoms with Crippen LogP contribution in [-0.4, -0.2) is 17.7 Å². The van der Waals surface area contributed by atoms with Crippen molar-refractivity contribution in [2.24, 2.45) is 0 Å². The minimum atomic E-state index is 0.00145. The van der Waals surface area contributed by atoms with E-state index in [1.165, 1.54) is 39.8 Å². The number of rotatable bonds is 4. The monoisotopic (exact) mass is 417 g/mol. The van der Waals surface area contributed by atoms with Gasteiger partial charge in [-0.15, -0.1) is 0 Å². The van der Waals surface area contributed by atoms with Gasteiger partial charge in [-0.25, -0.2) is 0 Å². The molecule has 6 rings (SSSR count). The zero-order valence-electron chi connectivity index (χ0n) is 18.1. The van der Waals surface area contributed by atoms with Crippen LogP contribution in [0, 0.1) is 0 Å². The topological polar surface area (TPSA) is 12.5 Å². The average Bonchev–Trinajstić information content (AvgIpc) is 3.47. The maximum atomic E-state index is 6.82. The Morgan fingerprint density at radius 2 is 1.12 bits per heavy atom. The summed E-state index contributed by atoms with van der Waals surface area (Å²) in [4.78, 5) is 2.59. The van der Waals surface area contributed by atoms with Crippen LogP contribution in [0.2, 0.25) is 0 Å². The molecule has 0 aromatic heterocycles. The second-order valence-electron chi connectivity index (χ2n) is 8.74. The quantitative estimate of drug-likeness (QED) is 0.347. The minimum Gasteiger partial charge on any atom is -0.353 e. The van der Waals surface area contributed by atoms with Crippen LogP contribution in [-0.2, 0) is 4.74 Å². The van der Waals surface area contributed by atoms with Gasteiger partial charge < -0.3 is 4.74 Å². The van der Waals surface area contributed by atoms with E-state index in [2.05, 4.69) is 114 Å². The van der Waals surface area contributed by atoms with Crippen molar-refractivity contribution in [1.82, 2.24) is 4.90 Å². The van der Waals surface area contributed by atoms with Crippen molar-refractivity contribution in [3.05, 3.63) is 120 Å². The average molecular weight is 418 g/mol. The molecule has 158 valence electrons. The van der Waals surface area contributed by atoms with Crippen LogP contribution in [0.3, 0.4) is 0 Å². The highest BCUT2D eigenvalue weighted by atomic mass is 16.5. The van der Waals surface area contributed by atoms with Crippen LogP contribution in [0.5, 0.6) is 0 Å². The third-order valence-electron chi connectivity index (χ3n) is 6.90. The summed E-state index contributed by atoms with van der Waals surface area (Å²) in [5.41, 5.74) is 7.71. The predicted molar refractivity (Wildman–Crippen MR) is 130 cm³/mol. The Bertz CT molecular complexity index is 1200. The third kappa shape index (κ3) is 3.37. The van der Waals surface area contributed by atoms with Crippen molar-refractivity contribution in [2.45, 2.75) is 31.2 Å². The summed E-state index contributed by atoms with van der Waals surface area (Å²) in [5.74, 6) is 0. The molecule has 0 aliphatic carbocycles. The van der Waals surface area contributed by atoms with E-state index in [9.17, 15) is 0 Å². The van der Waals surface area contributed by atoms with Crippen molar-refractivity contribution < 1.29 is 4.74 Å². The molecule has 3 atom stereocenters. The van der Waals surface area contributed by atoms with Crippen LogP contribution in [0.1, 0.15) is 36.1 Å². The Kier molecular flexibility index (Phi) is 5.10. The highest BCUT2D eigenvalue weighted by Gasteiger charge is 2.47. The molecule has 0 saturated carbocycles. The molecule has 2 heterocycles. The van der Waals surface area contributed by atoms with E-state index in [1.54, 1.807) is 0 Å². The Labute approximate surface area is 190 Å². The second kappa shape index (κ2) is 8.38. The molecule has 0 radical (unpaired) electrons. The lowest BCUT2D eigenvalue weighted by Gasteiger charge is -2.28. The Balaban J connectivity index is 1.50. The lowest BCUT2D eigenvalue weighted by atomic mass is 9.86. The molecule has 4 aromatic rings. The first kappa shape index (κ1) is 19.5. The normalized spacial score (nSPS) is 22.7. The predicted octanol–water partition coefficient (Wildman–Crippen LogP) is 7.26. The Morgan fingerprint density at radius 1 is 0.594 bits per heavy atom. The standard InChI is InChI=1S/C30H27NO/c1-3-12-22(13-4-1)24-16-7-9-18-26(24)29-30(32-28-20-11-21-31(28)29)27-19-10-8-17-25(27)23-14-5-2-6-15-23/h1-10,12-19,28-30H,11,20-21H2/t28-,29+,30?/m0/s1. The largest absolute Gasteiger partial charge is 0.353 e. The molecular weight excluding hydrogens is 390 g/mol. The maximum absolute atomic E-state index is 6.82. The van der Waals surface area contributed by atoms with Gasteiger partial charge in [0.15, 0.2) is 0 Å². The SMILES string of the molecule is c1ccc(-c2ccccc2C2O[C@H]3CCCN3[C@@H]2c2ccccc2-c2ccccc2)cc1. The molecule has 2 fully saturated rings. The molecular formula is C30H27NO. The van der Waals surface area contributed by atoms with Gasteiger partial charge >= 0.3 is 0 Å². The molecule has 0 amide bonds. The first-order valence-electron chi connectivity index (χ1n) is 11.6. The number of nitrogens with zero attached hydrogens (tertiary/aromatic N) is 1. The molecule has 32 heavy (non-hydrogen) atoms. The lowest BCUT2D eigenvalue weighted by Crippen LogP contribution is -2.27. The van der Waals surface area contributed by atoms with Crippen molar-refractivity contribution in [3.8, 4) is 22.3 Å². The zero-order valence-corrected chi connectivity index (χ0v) is 18.1. The van der Waals surface area contributed by atoms with Gasteiger partial charge in [-0.3, -0.25) is 4.90 Å². The van der Waals surface area contributed by atoms with Gasteiger partial charge in [-0.2, -0.15) is 0 Å². The van der Waals surface area contributed by atoms with Gasteiger partial charge in [0.25, 0.3) is 0 Å². The third-order valence-corrected chi connectivity index (χ3v) is 6.90. The van der Waals surface area contributed by atoms with Gasteiger partial charge in [0, 0.05) is 6.54 Å².